The van der Waals surface area contributed by atoms with E-state index in [1.54, 1.807) is 0 Å². The highest BCUT2D eigenvalue weighted by molar-refractivity contribution is 6.21. The van der Waals surface area contributed by atoms with Crippen LogP contribution < -0.4 is 0 Å². The first-order chi connectivity index (χ1) is 27.7. The van der Waals surface area contributed by atoms with Crippen molar-refractivity contribution < 1.29 is 0 Å². The zero-order chi connectivity index (χ0) is 38.6. The fraction of sp³-hybridized carbons (Fsp3) is 0.123. The average Bonchev–Trinajstić information content (AvgIpc) is 3.61. The van der Waals surface area contributed by atoms with Crippen molar-refractivity contribution in [1.82, 2.24) is 0 Å². The van der Waals surface area contributed by atoms with Crippen molar-refractivity contribution in [3.63, 3.8) is 0 Å². The Hall–Kier alpha value is -6.50. The largest absolute Gasteiger partial charge is 0.0619 e. The summed E-state index contributed by atoms with van der Waals surface area (Å²) in [4.78, 5) is 0. The van der Waals surface area contributed by atoms with Crippen molar-refractivity contribution in [2.45, 2.75) is 45.4 Å². The predicted octanol–water partition coefficient (Wildman–Crippen LogP) is 15.6. The zero-order valence-corrected chi connectivity index (χ0v) is 33.2. The molecule has 2 aliphatic carbocycles. The van der Waals surface area contributed by atoms with Crippen LogP contribution in [0, 0.1) is 6.92 Å². The second-order valence-corrected chi connectivity index (χ2v) is 17.4. The van der Waals surface area contributed by atoms with E-state index in [0.29, 0.717) is 0 Å². The second kappa shape index (κ2) is 12.2. The molecule has 9 aromatic rings. The molecule has 0 heterocycles. The molecule has 0 aromatic heterocycles. The van der Waals surface area contributed by atoms with E-state index in [2.05, 4.69) is 211 Å². The zero-order valence-electron chi connectivity index (χ0n) is 33.2. The number of aryl methyl sites for hydroxylation is 1. The third kappa shape index (κ3) is 5.00. The van der Waals surface area contributed by atoms with Gasteiger partial charge in [0.1, 0.15) is 0 Å². The van der Waals surface area contributed by atoms with Crippen LogP contribution in [0.25, 0.3) is 88.3 Å². The molecular formula is C57H44. The topological polar surface area (TPSA) is 0 Å². The summed E-state index contributed by atoms with van der Waals surface area (Å²) in [6, 6.07) is 66.4. The number of hydrogen-bond acceptors (Lipinski definition) is 0. The number of fused-ring (bicyclic) bond motifs is 8. The minimum atomic E-state index is -0.159. The molecule has 0 spiro atoms. The summed E-state index contributed by atoms with van der Waals surface area (Å²) in [5.41, 5.74) is 22.3. The van der Waals surface area contributed by atoms with Gasteiger partial charge in [-0.3, -0.25) is 0 Å². The lowest BCUT2D eigenvalue weighted by molar-refractivity contribution is 0.659. The average molecular weight is 729 g/mol. The highest BCUT2D eigenvalue weighted by Gasteiger charge is 2.37. The van der Waals surface area contributed by atoms with Gasteiger partial charge >= 0.3 is 0 Å². The van der Waals surface area contributed by atoms with Gasteiger partial charge in [0.25, 0.3) is 0 Å². The molecule has 2 aliphatic rings. The summed E-state index contributed by atoms with van der Waals surface area (Å²) in [5.74, 6) is 0. The lowest BCUT2D eigenvalue weighted by Crippen LogP contribution is -2.15. The van der Waals surface area contributed by atoms with Gasteiger partial charge in [-0.05, 0) is 136 Å². The van der Waals surface area contributed by atoms with E-state index in [1.807, 2.05) is 0 Å². The molecule has 0 N–H and O–H groups in total. The molecule has 0 saturated carbocycles. The highest BCUT2D eigenvalue weighted by Crippen LogP contribution is 2.53. The molecule has 0 bridgehead atoms. The third-order valence-electron chi connectivity index (χ3n) is 13.4. The van der Waals surface area contributed by atoms with Crippen LogP contribution in [0.3, 0.4) is 0 Å². The van der Waals surface area contributed by atoms with Crippen LogP contribution >= 0.6 is 0 Å². The third-order valence-corrected chi connectivity index (χ3v) is 13.4. The van der Waals surface area contributed by atoms with Crippen LogP contribution in [0.5, 0.6) is 0 Å². The van der Waals surface area contributed by atoms with E-state index in [9.17, 15) is 0 Å². The molecule has 9 aromatic carbocycles. The van der Waals surface area contributed by atoms with E-state index in [4.69, 9.17) is 0 Å². The Morgan fingerprint density at radius 3 is 1.12 bits per heavy atom. The first-order valence-corrected chi connectivity index (χ1v) is 20.3. The Kier molecular flexibility index (Phi) is 7.26. The van der Waals surface area contributed by atoms with Crippen molar-refractivity contribution in [3.05, 3.63) is 204 Å². The lowest BCUT2D eigenvalue weighted by Gasteiger charge is -2.24. The van der Waals surface area contributed by atoms with Crippen molar-refractivity contribution in [3.8, 4) is 66.8 Å². The maximum absolute atomic E-state index is 2.49. The molecule has 0 saturated heterocycles. The SMILES string of the molecule is Cc1ccc(-c2ccc(-c3c4ccccc4c(-c4ccc5c(c4)C(C)(C)c4cc(-c6ccc7c(c6)C(C)(C)c6ccccc6-7)ccc4-5)c4ccccc34)cc2)cc1. The Morgan fingerprint density at radius 2 is 0.614 bits per heavy atom. The first-order valence-electron chi connectivity index (χ1n) is 20.3. The van der Waals surface area contributed by atoms with Crippen molar-refractivity contribution in [2.24, 2.45) is 0 Å². The molecule has 0 amide bonds. The Labute approximate surface area is 336 Å². The van der Waals surface area contributed by atoms with Crippen molar-refractivity contribution in [2.75, 3.05) is 0 Å². The van der Waals surface area contributed by atoms with E-state index in [1.165, 1.54) is 116 Å². The fourth-order valence-electron chi connectivity index (χ4n) is 10.3. The van der Waals surface area contributed by atoms with Gasteiger partial charge in [0.2, 0.25) is 0 Å². The van der Waals surface area contributed by atoms with Crippen molar-refractivity contribution in [1.29, 1.82) is 0 Å². The molecule has 0 atom stereocenters. The molecular weight excluding hydrogens is 685 g/mol. The Morgan fingerprint density at radius 1 is 0.281 bits per heavy atom. The van der Waals surface area contributed by atoms with Crippen LogP contribution in [0.2, 0.25) is 0 Å². The summed E-state index contributed by atoms with van der Waals surface area (Å²) in [6.07, 6.45) is 0. The predicted molar refractivity (Wildman–Crippen MR) is 243 cm³/mol. The number of hydrogen-bond donors (Lipinski definition) is 0. The maximum atomic E-state index is 2.49. The van der Waals surface area contributed by atoms with E-state index in [-0.39, 0.29) is 10.8 Å². The van der Waals surface area contributed by atoms with Crippen LogP contribution in [-0.2, 0) is 10.8 Å². The van der Waals surface area contributed by atoms with E-state index >= 15 is 0 Å². The second-order valence-electron chi connectivity index (χ2n) is 17.4. The normalized spacial score (nSPS) is 14.3. The Balaban J connectivity index is 1.01. The summed E-state index contributed by atoms with van der Waals surface area (Å²) in [7, 11) is 0. The van der Waals surface area contributed by atoms with Crippen LogP contribution in [0.4, 0.5) is 0 Å². The fourth-order valence-corrected chi connectivity index (χ4v) is 10.3. The van der Waals surface area contributed by atoms with Crippen LogP contribution in [0.15, 0.2) is 176 Å². The number of rotatable bonds is 4. The van der Waals surface area contributed by atoms with Crippen molar-refractivity contribution >= 4 is 21.5 Å². The first kappa shape index (κ1) is 33.8. The molecule has 0 heteroatoms. The van der Waals surface area contributed by atoms with Gasteiger partial charge in [0, 0.05) is 10.8 Å². The molecule has 0 aliphatic heterocycles. The summed E-state index contributed by atoms with van der Waals surface area (Å²) in [5, 5.41) is 5.13. The quantitative estimate of drug-likeness (QED) is 0.158. The molecule has 57 heavy (non-hydrogen) atoms. The lowest BCUT2D eigenvalue weighted by atomic mass is 9.79. The van der Waals surface area contributed by atoms with Gasteiger partial charge in [0.15, 0.2) is 0 Å². The summed E-state index contributed by atoms with van der Waals surface area (Å²) >= 11 is 0. The molecule has 0 fully saturated rings. The molecule has 0 unspecified atom stereocenters. The van der Waals surface area contributed by atoms with E-state index < -0.39 is 0 Å². The molecule has 0 nitrogen and oxygen atoms in total. The van der Waals surface area contributed by atoms with Gasteiger partial charge in [-0.15, -0.1) is 0 Å². The standard InChI is InChI=1S/C57H44/c1-35-18-20-36(21-19-35)37-22-24-38(25-23-37)54-46-13-6-8-15-48(46)55(49-16-9-7-14-47(49)54)41-28-31-45-44-30-27-40(33-52(44)57(4,5)53(45)34-41)39-26-29-43-42-12-10-11-17-50(42)56(2,3)51(43)32-39/h6-34H,1-5H3. The van der Waals surface area contributed by atoms with Crippen LogP contribution in [0.1, 0.15) is 55.5 Å². The molecule has 272 valence electrons. The highest BCUT2D eigenvalue weighted by atomic mass is 14.4. The number of benzene rings is 9. The van der Waals surface area contributed by atoms with Gasteiger partial charge in [-0.1, -0.05) is 191 Å². The van der Waals surface area contributed by atoms with Gasteiger partial charge < -0.3 is 0 Å². The smallest absolute Gasteiger partial charge is 0.0159 e. The molecule has 11 rings (SSSR count). The summed E-state index contributed by atoms with van der Waals surface area (Å²) in [6.45, 7) is 11.7. The minimum absolute atomic E-state index is 0.0244. The van der Waals surface area contributed by atoms with Gasteiger partial charge in [0.05, 0.1) is 0 Å². The summed E-state index contributed by atoms with van der Waals surface area (Å²) < 4.78 is 0. The molecule has 0 radical (unpaired) electrons. The minimum Gasteiger partial charge on any atom is -0.0619 e. The van der Waals surface area contributed by atoms with Gasteiger partial charge in [-0.25, -0.2) is 0 Å². The Bertz CT molecular complexity index is 3040. The van der Waals surface area contributed by atoms with Crippen LogP contribution in [-0.4, -0.2) is 0 Å². The van der Waals surface area contributed by atoms with E-state index in [0.717, 1.165) is 0 Å². The monoisotopic (exact) mass is 728 g/mol. The maximum Gasteiger partial charge on any atom is 0.0159 e. The van der Waals surface area contributed by atoms with Gasteiger partial charge in [-0.2, -0.15) is 0 Å².